The summed E-state index contributed by atoms with van der Waals surface area (Å²) in [5.74, 6) is 0.600. The molecule has 5 nitrogen and oxygen atoms in total. The van der Waals surface area contributed by atoms with Crippen LogP contribution < -0.4 is 44.5 Å². The van der Waals surface area contributed by atoms with Crippen LogP contribution in [0.5, 0.6) is 11.5 Å². The molecule has 7 heteroatoms. The number of hydrogen-bond acceptors (Lipinski definition) is 5. The summed E-state index contributed by atoms with van der Waals surface area (Å²) in [5.41, 5.74) is -0.105. The van der Waals surface area contributed by atoms with Gasteiger partial charge in [-0.25, -0.2) is 0 Å². The van der Waals surface area contributed by atoms with E-state index in [1.54, 1.807) is 6.07 Å². The van der Waals surface area contributed by atoms with Crippen molar-refractivity contribution in [1.29, 1.82) is 0 Å². The van der Waals surface area contributed by atoms with Gasteiger partial charge in [0, 0.05) is 0 Å². The zero-order valence-corrected chi connectivity index (χ0v) is 11.0. The molecular formula is C8H12BNaO5. The molecule has 0 amide bonds. The fraction of sp³-hybridized carbons (Fsp3) is 0.250. The largest absolute Gasteiger partial charge is 1.00 e. The van der Waals surface area contributed by atoms with E-state index in [1.165, 1.54) is 26.4 Å². The molecule has 0 saturated carbocycles. The Morgan fingerprint density at radius 1 is 1.07 bits per heavy atom. The van der Waals surface area contributed by atoms with Gasteiger partial charge in [0.1, 0.15) is 5.75 Å². The standard InChI is InChI=1S/C8H12BO5.Na/c1-13-6-3-4-8(14-2)7(5-6)9(10,11)12;/h3-5,10-12H,1-2H3;/q-1;+1. The van der Waals surface area contributed by atoms with Crippen LogP contribution in [0.2, 0.25) is 0 Å². The second-order valence-corrected chi connectivity index (χ2v) is 2.84. The van der Waals surface area contributed by atoms with E-state index in [1.807, 2.05) is 0 Å². The maximum absolute atomic E-state index is 9.06. The molecule has 0 aliphatic rings. The number of hydrogen-bond donors (Lipinski definition) is 3. The average Bonchev–Trinajstić information content (AvgIpc) is 2.15. The van der Waals surface area contributed by atoms with Crippen molar-refractivity contribution in [3.05, 3.63) is 18.2 Å². The Hall–Kier alpha value is -0.235. The Morgan fingerprint density at radius 2 is 1.67 bits per heavy atom. The Morgan fingerprint density at radius 3 is 2.07 bits per heavy atom. The zero-order chi connectivity index (χ0) is 10.8. The monoisotopic (exact) mass is 222 g/mol. The second-order valence-electron chi connectivity index (χ2n) is 2.84. The van der Waals surface area contributed by atoms with Gasteiger partial charge in [-0.05, 0) is 18.2 Å². The first kappa shape index (κ1) is 14.8. The van der Waals surface area contributed by atoms with Crippen LogP contribution in [0.3, 0.4) is 0 Å². The third kappa shape index (κ3) is 3.68. The minimum atomic E-state index is -3.57. The van der Waals surface area contributed by atoms with E-state index in [4.69, 9.17) is 24.5 Å². The van der Waals surface area contributed by atoms with Crippen LogP contribution >= 0.6 is 0 Å². The Labute approximate surface area is 110 Å². The van der Waals surface area contributed by atoms with Crippen LogP contribution in [0.25, 0.3) is 0 Å². The van der Waals surface area contributed by atoms with E-state index in [0.29, 0.717) is 5.75 Å². The van der Waals surface area contributed by atoms with E-state index in [2.05, 4.69) is 0 Å². The molecule has 0 aliphatic carbocycles. The van der Waals surface area contributed by atoms with Crippen LogP contribution in [0.4, 0.5) is 0 Å². The van der Waals surface area contributed by atoms with Crippen molar-refractivity contribution in [3.8, 4) is 11.5 Å². The minimum absolute atomic E-state index is 0. The molecule has 15 heavy (non-hydrogen) atoms. The molecule has 0 spiro atoms. The maximum atomic E-state index is 9.06. The molecule has 0 radical (unpaired) electrons. The summed E-state index contributed by atoms with van der Waals surface area (Å²) in [4.78, 5) is 0. The van der Waals surface area contributed by atoms with Gasteiger partial charge in [0.25, 0.3) is 0 Å². The molecule has 0 unspecified atom stereocenters. The number of ether oxygens (including phenoxy) is 2. The van der Waals surface area contributed by atoms with Gasteiger partial charge >= 0.3 is 36.3 Å². The topological polar surface area (TPSA) is 79.2 Å². The molecule has 0 atom stereocenters. The minimum Gasteiger partial charge on any atom is -0.556 e. The van der Waals surface area contributed by atoms with Crippen molar-refractivity contribution in [1.82, 2.24) is 0 Å². The summed E-state index contributed by atoms with van der Waals surface area (Å²) in [6, 6.07) is 4.37. The summed E-state index contributed by atoms with van der Waals surface area (Å²) >= 11 is 0. The molecular weight excluding hydrogens is 210 g/mol. The van der Waals surface area contributed by atoms with Crippen molar-refractivity contribution in [3.63, 3.8) is 0 Å². The molecule has 1 aromatic rings. The van der Waals surface area contributed by atoms with Crippen LogP contribution in [0, 0.1) is 0 Å². The summed E-state index contributed by atoms with van der Waals surface area (Å²) in [5, 5.41) is 27.2. The predicted molar refractivity (Wildman–Crippen MR) is 51.6 cm³/mol. The third-order valence-electron chi connectivity index (χ3n) is 1.85. The van der Waals surface area contributed by atoms with Gasteiger partial charge in [-0.15, -0.1) is 0 Å². The van der Waals surface area contributed by atoms with Crippen molar-refractivity contribution in [2.75, 3.05) is 14.2 Å². The van der Waals surface area contributed by atoms with E-state index >= 15 is 0 Å². The van der Waals surface area contributed by atoms with Crippen LogP contribution in [0.1, 0.15) is 0 Å². The van der Waals surface area contributed by atoms with E-state index < -0.39 is 6.75 Å². The van der Waals surface area contributed by atoms with Crippen molar-refractivity contribution in [2.45, 2.75) is 0 Å². The molecule has 0 fully saturated rings. The molecule has 0 heterocycles. The van der Waals surface area contributed by atoms with Crippen LogP contribution in [-0.2, 0) is 0 Å². The molecule has 0 bridgehead atoms. The molecule has 1 aromatic carbocycles. The van der Waals surface area contributed by atoms with E-state index in [-0.39, 0.29) is 40.8 Å². The Balaban J connectivity index is 0.00000196. The van der Waals surface area contributed by atoms with Crippen molar-refractivity contribution < 1.29 is 54.1 Å². The summed E-state index contributed by atoms with van der Waals surface area (Å²) in [6.07, 6.45) is 0. The SMILES string of the molecule is COc1ccc(OC)c([B-](O)(O)O)c1.[Na+]. The predicted octanol–water partition coefficient (Wildman–Crippen LogP) is -4.17. The fourth-order valence-corrected chi connectivity index (χ4v) is 1.14. The Bertz CT molecular complexity index is 325. The van der Waals surface area contributed by atoms with Gasteiger partial charge in [0.15, 0.2) is 0 Å². The van der Waals surface area contributed by atoms with Gasteiger partial charge in [0.2, 0.25) is 0 Å². The van der Waals surface area contributed by atoms with Gasteiger partial charge in [-0.2, -0.15) is 0 Å². The molecule has 1 rings (SSSR count). The first-order valence-corrected chi connectivity index (χ1v) is 4.03. The summed E-state index contributed by atoms with van der Waals surface area (Å²) in [6.45, 7) is -3.57. The van der Waals surface area contributed by atoms with Crippen LogP contribution in [0.15, 0.2) is 18.2 Å². The maximum Gasteiger partial charge on any atom is 1.00 e. The first-order chi connectivity index (χ1) is 6.49. The first-order valence-electron chi connectivity index (χ1n) is 4.03. The Kier molecular flexibility index (Phi) is 5.65. The molecule has 0 aromatic heterocycles. The smallest absolute Gasteiger partial charge is 0.556 e. The average molecular weight is 222 g/mol. The third-order valence-corrected chi connectivity index (χ3v) is 1.85. The van der Waals surface area contributed by atoms with E-state index in [9.17, 15) is 0 Å². The molecule has 0 aliphatic heterocycles. The van der Waals surface area contributed by atoms with Gasteiger partial charge < -0.3 is 24.5 Å². The van der Waals surface area contributed by atoms with Crippen LogP contribution in [-0.4, -0.2) is 36.0 Å². The molecule has 3 N–H and O–H groups in total. The normalized spacial score (nSPS) is 10.5. The summed E-state index contributed by atoms with van der Waals surface area (Å²) < 4.78 is 9.72. The number of benzene rings is 1. The summed E-state index contributed by atoms with van der Waals surface area (Å²) in [7, 11) is 2.81. The van der Waals surface area contributed by atoms with Crippen molar-refractivity contribution in [2.24, 2.45) is 0 Å². The van der Waals surface area contributed by atoms with Gasteiger partial charge in [-0.3, -0.25) is 0 Å². The second kappa shape index (κ2) is 5.74. The quantitative estimate of drug-likeness (QED) is 0.452. The molecule has 78 valence electrons. The zero-order valence-electron chi connectivity index (χ0n) is 8.97. The fourth-order valence-electron chi connectivity index (χ4n) is 1.14. The van der Waals surface area contributed by atoms with E-state index in [0.717, 1.165) is 0 Å². The van der Waals surface area contributed by atoms with Gasteiger partial charge in [0.05, 0.1) is 20.0 Å². The van der Waals surface area contributed by atoms with Gasteiger partial charge in [-0.1, -0.05) is 5.46 Å². The number of rotatable bonds is 3. The molecule has 0 saturated heterocycles. The number of methoxy groups -OCH3 is 2. The van der Waals surface area contributed by atoms with Crippen molar-refractivity contribution >= 4 is 12.2 Å².